The fourth-order valence-electron chi connectivity index (χ4n) is 4.54. The Balaban J connectivity index is 2.28. The highest BCUT2D eigenvalue weighted by Gasteiger charge is 2.26. The third-order valence-electron chi connectivity index (χ3n) is 6.56. The fraction of sp³-hybridized carbons (Fsp3) is 0.533. The minimum absolute atomic E-state index is 0.122. The van der Waals surface area contributed by atoms with Gasteiger partial charge in [-0.3, -0.25) is 4.79 Å². The fourth-order valence-corrected chi connectivity index (χ4v) is 4.54. The van der Waals surface area contributed by atoms with Crippen LogP contribution in [0.15, 0.2) is 36.4 Å². The molecule has 8 heteroatoms. The molecular weight excluding hydrogens is 488 g/mol. The molecule has 1 amide bonds. The molecule has 0 saturated carbocycles. The van der Waals surface area contributed by atoms with E-state index in [1.165, 1.54) is 12.1 Å². The normalized spacial score (nSPS) is 12.9. The lowest BCUT2D eigenvalue weighted by atomic mass is 10.0. The van der Waals surface area contributed by atoms with Gasteiger partial charge in [-0.2, -0.15) is 0 Å². The third kappa shape index (κ3) is 9.48. The Hall–Kier alpha value is -2.84. The van der Waals surface area contributed by atoms with Gasteiger partial charge in [0.1, 0.15) is 17.7 Å². The molecule has 210 valence electrons. The molecule has 2 aromatic carbocycles. The summed E-state index contributed by atoms with van der Waals surface area (Å²) in [5.41, 5.74) is 8.28. The monoisotopic (exact) mass is 531 g/mol. The zero-order valence-corrected chi connectivity index (χ0v) is 23.4. The summed E-state index contributed by atoms with van der Waals surface area (Å²) in [6.07, 6.45) is 2.81. The van der Waals surface area contributed by atoms with Crippen molar-refractivity contribution in [3.05, 3.63) is 70.3 Å². The molecule has 0 fully saturated rings. The lowest BCUT2D eigenvalue weighted by Gasteiger charge is -2.27. The largest absolute Gasteiger partial charge is 0.456 e. The van der Waals surface area contributed by atoms with Gasteiger partial charge in [0.25, 0.3) is 5.91 Å². The van der Waals surface area contributed by atoms with Crippen molar-refractivity contribution >= 4 is 11.9 Å². The average Bonchev–Trinajstić information content (AvgIpc) is 2.86. The van der Waals surface area contributed by atoms with Crippen LogP contribution >= 0.6 is 0 Å². The minimum Gasteiger partial charge on any atom is -0.456 e. The molecule has 6 nitrogen and oxygen atoms in total. The second-order valence-corrected chi connectivity index (χ2v) is 9.89. The van der Waals surface area contributed by atoms with Gasteiger partial charge in [0.15, 0.2) is 0 Å². The molecule has 0 unspecified atom stereocenters. The first-order valence-electron chi connectivity index (χ1n) is 13.7. The molecule has 0 heterocycles. The SMILES string of the molecule is CCCN(CCC)C(=O)c1cc(C)cc(C(=O)O[C@H](CNC(CC)CC)[C@@H](N)Cc2cc(F)cc(F)c2)c1. The van der Waals surface area contributed by atoms with E-state index in [-0.39, 0.29) is 30.5 Å². The van der Waals surface area contributed by atoms with E-state index in [1.807, 2.05) is 20.8 Å². The number of nitrogens with zero attached hydrogens (tertiary/aromatic N) is 1. The predicted molar refractivity (Wildman–Crippen MR) is 147 cm³/mol. The first-order chi connectivity index (χ1) is 18.1. The van der Waals surface area contributed by atoms with Crippen molar-refractivity contribution in [1.29, 1.82) is 0 Å². The van der Waals surface area contributed by atoms with Crippen LogP contribution in [0.1, 0.15) is 85.2 Å². The van der Waals surface area contributed by atoms with Crippen LogP contribution in [0.5, 0.6) is 0 Å². The number of carbonyl (C=O) groups is 2. The molecule has 0 saturated heterocycles. The Labute approximate surface area is 225 Å². The first kappa shape index (κ1) is 31.4. The molecule has 0 aliphatic rings. The number of nitrogens with one attached hydrogen (secondary N) is 1. The van der Waals surface area contributed by atoms with Crippen LogP contribution in [0.3, 0.4) is 0 Å². The summed E-state index contributed by atoms with van der Waals surface area (Å²) in [5, 5.41) is 3.38. The minimum atomic E-state index is -0.759. The van der Waals surface area contributed by atoms with Gasteiger partial charge in [-0.1, -0.05) is 27.7 Å². The summed E-state index contributed by atoms with van der Waals surface area (Å²) >= 11 is 0. The van der Waals surface area contributed by atoms with E-state index in [0.717, 1.165) is 37.3 Å². The van der Waals surface area contributed by atoms with Gasteiger partial charge in [0.05, 0.1) is 5.56 Å². The molecule has 3 N–H and O–H groups in total. The number of ether oxygens (including phenoxy) is 1. The summed E-state index contributed by atoms with van der Waals surface area (Å²) in [6, 6.07) is 7.78. The number of hydrogen-bond acceptors (Lipinski definition) is 5. The molecule has 0 spiro atoms. The number of aryl methyl sites for hydroxylation is 1. The van der Waals surface area contributed by atoms with E-state index in [9.17, 15) is 18.4 Å². The van der Waals surface area contributed by atoms with Crippen LogP contribution in [0, 0.1) is 18.6 Å². The molecule has 2 atom stereocenters. The molecule has 0 aromatic heterocycles. The number of rotatable bonds is 15. The Morgan fingerprint density at radius 2 is 1.50 bits per heavy atom. The topological polar surface area (TPSA) is 84.7 Å². The maximum Gasteiger partial charge on any atom is 0.338 e. The van der Waals surface area contributed by atoms with Gasteiger partial charge in [-0.05, 0) is 80.5 Å². The molecular formula is C30H43F2N3O3. The molecule has 0 radical (unpaired) electrons. The van der Waals surface area contributed by atoms with Crippen molar-refractivity contribution in [3.8, 4) is 0 Å². The standard InChI is InChI=1S/C30H43F2N3O3/c1-6-10-35(11-7-2)29(36)22-12-20(5)13-23(17-22)30(37)38-28(19-34-26(8-3)9-4)27(33)16-21-14-24(31)18-25(32)15-21/h12-15,17-18,26-28,34H,6-11,16,19,33H2,1-5H3/t27-,28+/m0/s1. The van der Waals surface area contributed by atoms with E-state index < -0.39 is 29.7 Å². The predicted octanol–water partition coefficient (Wildman–Crippen LogP) is 5.41. The molecule has 38 heavy (non-hydrogen) atoms. The van der Waals surface area contributed by atoms with Crippen LogP contribution in [0.2, 0.25) is 0 Å². The lowest BCUT2D eigenvalue weighted by Crippen LogP contribution is -2.48. The Morgan fingerprint density at radius 1 is 0.921 bits per heavy atom. The molecule has 2 aromatic rings. The quantitative estimate of drug-likeness (QED) is 0.300. The van der Waals surface area contributed by atoms with E-state index >= 15 is 0 Å². The first-order valence-corrected chi connectivity index (χ1v) is 13.7. The zero-order chi connectivity index (χ0) is 28.2. The average molecular weight is 532 g/mol. The highest BCUT2D eigenvalue weighted by atomic mass is 19.1. The summed E-state index contributed by atoms with van der Waals surface area (Å²) in [4.78, 5) is 28.3. The van der Waals surface area contributed by atoms with Crippen LogP contribution in [0.25, 0.3) is 0 Å². The number of halogens is 2. The number of hydrogen-bond donors (Lipinski definition) is 2. The second-order valence-electron chi connectivity index (χ2n) is 9.89. The number of esters is 1. The maximum absolute atomic E-state index is 13.7. The number of carbonyl (C=O) groups excluding carboxylic acids is 2. The Morgan fingerprint density at radius 3 is 2.05 bits per heavy atom. The van der Waals surface area contributed by atoms with Gasteiger partial charge in [-0.15, -0.1) is 0 Å². The van der Waals surface area contributed by atoms with Crippen molar-refractivity contribution in [3.63, 3.8) is 0 Å². The van der Waals surface area contributed by atoms with Crippen molar-refractivity contribution in [2.45, 2.75) is 84.9 Å². The van der Waals surface area contributed by atoms with E-state index in [0.29, 0.717) is 24.2 Å². The van der Waals surface area contributed by atoms with Crippen LogP contribution in [-0.2, 0) is 11.2 Å². The number of nitrogens with two attached hydrogens (primary N) is 1. The van der Waals surface area contributed by atoms with E-state index in [4.69, 9.17) is 10.5 Å². The second kappa shape index (κ2) is 15.5. The van der Waals surface area contributed by atoms with Gasteiger partial charge < -0.3 is 20.7 Å². The van der Waals surface area contributed by atoms with Crippen LogP contribution in [-0.4, -0.2) is 54.6 Å². The summed E-state index contributed by atoms with van der Waals surface area (Å²) in [7, 11) is 0. The molecule has 0 aliphatic carbocycles. The third-order valence-corrected chi connectivity index (χ3v) is 6.56. The summed E-state index contributed by atoms with van der Waals surface area (Å²) in [6.45, 7) is 11.5. The lowest BCUT2D eigenvalue weighted by molar-refractivity contribution is 0.0231. The Kier molecular flexibility index (Phi) is 12.8. The van der Waals surface area contributed by atoms with E-state index in [2.05, 4.69) is 19.2 Å². The summed E-state index contributed by atoms with van der Waals surface area (Å²) in [5.74, 6) is -2.10. The van der Waals surface area contributed by atoms with E-state index in [1.54, 1.807) is 23.1 Å². The van der Waals surface area contributed by atoms with Crippen LogP contribution < -0.4 is 11.1 Å². The highest BCUT2D eigenvalue weighted by molar-refractivity contribution is 5.98. The van der Waals surface area contributed by atoms with Gasteiger partial charge >= 0.3 is 5.97 Å². The van der Waals surface area contributed by atoms with Crippen molar-refractivity contribution in [2.75, 3.05) is 19.6 Å². The maximum atomic E-state index is 13.7. The van der Waals surface area contributed by atoms with Gasteiger partial charge in [0.2, 0.25) is 0 Å². The van der Waals surface area contributed by atoms with Crippen LogP contribution in [0.4, 0.5) is 8.78 Å². The molecule has 2 rings (SSSR count). The summed E-state index contributed by atoms with van der Waals surface area (Å²) < 4.78 is 33.4. The van der Waals surface area contributed by atoms with Crippen molar-refractivity contribution in [2.24, 2.45) is 5.73 Å². The van der Waals surface area contributed by atoms with Gasteiger partial charge in [0, 0.05) is 43.3 Å². The highest BCUT2D eigenvalue weighted by Crippen LogP contribution is 2.17. The number of amides is 1. The molecule has 0 aliphatic heterocycles. The van der Waals surface area contributed by atoms with Crippen molar-refractivity contribution in [1.82, 2.24) is 10.2 Å². The number of benzene rings is 2. The Bertz CT molecular complexity index is 1030. The van der Waals surface area contributed by atoms with Gasteiger partial charge in [-0.25, -0.2) is 13.6 Å². The molecule has 0 bridgehead atoms. The zero-order valence-electron chi connectivity index (χ0n) is 23.4. The van der Waals surface area contributed by atoms with Crippen molar-refractivity contribution < 1.29 is 23.1 Å². The smallest absolute Gasteiger partial charge is 0.338 e.